The second kappa shape index (κ2) is 8.77. The van der Waals surface area contributed by atoms with Crippen LogP contribution >= 0.6 is 0 Å². The van der Waals surface area contributed by atoms with Gasteiger partial charge in [-0.05, 0) is 85.5 Å². The minimum atomic E-state index is -0.954. The van der Waals surface area contributed by atoms with E-state index < -0.39 is 42.6 Å². The van der Waals surface area contributed by atoms with Gasteiger partial charge >= 0.3 is 20.2 Å². The monoisotopic (exact) mass is 458 g/mol. The number of benzene rings is 1. The van der Waals surface area contributed by atoms with Crippen molar-refractivity contribution in [1.82, 2.24) is 0 Å². The van der Waals surface area contributed by atoms with E-state index in [1.54, 1.807) is 14.0 Å². The molecule has 2 aliphatic heterocycles. The molecule has 1 aromatic carbocycles. The Kier molecular flexibility index (Phi) is 6.86. The molecule has 0 bridgehead atoms. The lowest BCUT2D eigenvalue weighted by Gasteiger charge is -2.32. The first-order valence-electron chi connectivity index (χ1n) is 11.4. The fraction of sp³-hybridized carbons (Fsp3) is 0.625. The lowest BCUT2D eigenvalue weighted by Crippen LogP contribution is -2.41. The molecule has 180 valence electrons. The molecule has 2 saturated heterocycles. The molecule has 0 aliphatic carbocycles. The van der Waals surface area contributed by atoms with Crippen LogP contribution in [0.3, 0.4) is 0 Å². The normalized spacial score (nSPS) is 23.3. The zero-order valence-corrected chi connectivity index (χ0v) is 21.5. The molecule has 7 nitrogen and oxygen atoms in total. The van der Waals surface area contributed by atoms with Crippen molar-refractivity contribution in [2.24, 2.45) is 0 Å². The predicted octanol–water partition coefficient (Wildman–Crippen LogP) is 4.27. The van der Waals surface area contributed by atoms with Gasteiger partial charge in [0.2, 0.25) is 0 Å². The van der Waals surface area contributed by atoms with Gasteiger partial charge in [-0.25, -0.2) is 4.79 Å². The lowest BCUT2D eigenvalue weighted by atomic mass is 9.62. The van der Waals surface area contributed by atoms with E-state index in [0.717, 1.165) is 5.56 Å². The molecule has 1 aromatic rings. The molecule has 2 heterocycles. The van der Waals surface area contributed by atoms with Gasteiger partial charge in [-0.1, -0.05) is 12.1 Å². The Hall–Kier alpha value is -1.80. The van der Waals surface area contributed by atoms with Gasteiger partial charge in [0.1, 0.15) is 5.75 Å². The minimum absolute atomic E-state index is 0.209. The number of hydrogen-bond donors (Lipinski definition) is 0. The molecule has 0 aromatic heterocycles. The zero-order valence-electron chi connectivity index (χ0n) is 21.5. The highest BCUT2D eigenvalue weighted by molar-refractivity contribution is 6.77. The highest BCUT2D eigenvalue weighted by atomic mass is 16.7. The van der Waals surface area contributed by atoms with Crippen LogP contribution in [0.15, 0.2) is 29.7 Å². The molecule has 3 rings (SSSR count). The maximum atomic E-state index is 13.4. The van der Waals surface area contributed by atoms with E-state index in [1.165, 1.54) is 0 Å². The Morgan fingerprint density at radius 3 is 1.61 bits per heavy atom. The Morgan fingerprint density at radius 2 is 1.21 bits per heavy atom. The summed E-state index contributed by atoms with van der Waals surface area (Å²) in [7, 11) is -0.180. The molecule has 0 unspecified atom stereocenters. The Balaban J connectivity index is 2.23. The predicted molar refractivity (Wildman–Crippen MR) is 129 cm³/mol. The third kappa shape index (κ3) is 4.74. The fourth-order valence-corrected chi connectivity index (χ4v) is 3.65. The first-order chi connectivity index (χ1) is 15.2. The molecule has 0 saturated carbocycles. The van der Waals surface area contributed by atoms with Crippen molar-refractivity contribution in [3.63, 3.8) is 0 Å². The smallest absolute Gasteiger partial charge is 0.497 e. The average Bonchev–Trinajstić information content (AvgIpc) is 3.05. The number of carbonyl (C=O) groups excluding carboxylic acids is 1. The summed E-state index contributed by atoms with van der Waals surface area (Å²) in [4.78, 5) is 13.4. The molecule has 0 spiro atoms. The van der Waals surface area contributed by atoms with Crippen LogP contribution in [-0.2, 0) is 28.1 Å². The fourth-order valence-electron chi connectivity index (χ4n) is 3.65. The summed E-state index contributed by atoms with van der Waals surface area (Å²) in [5, 5.41) is 0. The number of methoxy groups -OCH3 is 1. The second-order valence-electron chi connectivity index (χ2n) is 10.5. The molecular formula is C24H36B2O7. The molecular weight excluding hydrogens is 422 g/mol. The molecule has 0 radical (unpaired) electrons. The summed E-state index contributed by atoms with van der Waals surface area (Å²) in [6, 6.07) is 7.38. The van der Waals surface area contributed by atoms with E-state index in [1.807, 2.05) is 79.7 Å². The van der Waals surface area contributed by atoms with E-state index in [-0.39, 0.29) is 12.1 Å². The first-order valence-corrected chi connectivity index (χ1v) is 11.4. The molecule has 0 N–H and O–H groups in total. The molecule has 0 amide bonds. The topological polar surface area (TPSA) is 72.5 Å². The maximum absolute atomic E-state index is 13.4. The number of carbonyl (C=O) groups is 1. The van der Waals surface area contributed by atoms with E-state index >= 15 is 0 Å². The third-order valence-electron chi connectivity index (χ3n) is 7.16. The molecule has 0 atom stereocenters. The van der Waals surface area contributed by atoms with E-state index in [2.05, 4.69) is 0 Å². The van der Waals surface area contributed by atoms with Crippen molar-refractivity contribution in [2.45, 2.75) is 84.7 Å². The molecule has 2 fully saturated rings. The summed E-state index contributed by atoms with van der Waals surface area (Å²) in [6.07, 6.45) is 0. The minimum Gasteiger partial charge on any atom is -0.497 e. The van der Waals surface area contributed by atoms with Gasteiger partial charge in [0.05, 0.1) is 41.6 Å². The molecule has 9 heteroatoms. The van der Waals surface area contributed by atoms with Crippen LogP contribution in [0.25, 0.3) is 5.47 Å². The summed E-state index contributed by atoms with van der Waals surface area (Å²) in [5.41, 5.74) is -1.01. The summed E-state index contributed by atoms with van der Waals surface area (Å²) >= 11 is 0. The van der Waals surface area contributed by atoms with Crippen molar-refractivity contribution in [2.75, 3.05) is 13.7 Å². The Bertz CT molecular complexity index is 887. The van der Waals surface area contributed by atoms with Gasteiger partial charge < -0.3 is 28.1 Å². The highest BCUT2D eigenvalue weighted by Crippen LogP contribution is 2.44. The van der Waals surface area contributed by atoms with Crippen LogP contribution in [0.1, 0.15) is 67.9 Å². The molecule has 33 heavy (non-hydrogen) atoms. The van der Waals surface area contributed by atoms with Crippen LogP contribution in [0, 0.1) is 0 Å². The van der Waals surface area contributed by atoms with E-state index in [9.17, 15) is 4.79 Å². The lowest BCUT2D eigenvalue weighted by molar-refractivity contribution is -0.137. The van der Waals surface area contributed by atoms with Crippen molar-refractivity contribution < 1.29 is 32.9 Å². The van der Waals surface area contributed by atoms with Crippen molar-refractivity contribution >= 4 is 25.7 Å². The maximum Gasteiger partial charge on any atom is 0.501 e. The number of ether oxygens (including phenoxy) is 2. The average molecular weight is 458 g/mol. The summed E-state index contributed by atoms with van der Waals surface area (Å²) < 4.78 is 36.1. The van der Waals surface area contributed by atoms with Crippen molar-refractivity contribution in [3.05, 3.63) is 35.3 Å². The number of esters is 1. The van der Waals surface area contributed by atoms with E-state index in [4.69, 9.17) is 28.1 Å². The van der Waals surface area contributed by atoms with Gasteiger partial charge in [0.25, 0.3) is 0 Å². The second-order valence-corrected chi connectivity index (χ2v) is 10.5. The van der Waals surface area contributed by atoms with Gasteiger partial charge in [-0.2, -0.15) is 0 Å². The van der Waals surface area contributed by atoms with Gasteiger partial charge in [-0.3, -0.25) is 0 Å². The third-order valence-corrected chi connectivity index (χ3v) is 7.16. The van der Waals surface area contributed by atoms with Gasteiger partial charge in [0, 0.05) is 0 Å². The number of rotatable bonds is 6. The zero-order chi connectivity index (χ0) is 24.8. The Labute approximate surface area is 198 Å². The summed E-state index contributed by atoms with van der Waals surface area (Å²) in [6.45, 7) is 17.6. The first kappa shape index (κ1) is 25.8. The van der Waals surface area contributed by atoms with Crippen LogP contribution < -0.4 is 4.74 Å². The van der Waals surface area contributed by atoms with Gasteiger partial charge in [0.15, 0.2) is 0 Å². The van der Waals surface area contributed by atoms with Crippen molar-refractivity contribution in [3.8, 4) is 5.75 Å². The van der Waals surface area contributed by atoms with Crippen LogP contribution in [0.4, 0.5) is 0 Å². The van der Waals surface area contributed by atoms with Gasteiger partial charge in [-0.15, -0.1) is 0 Å². The Morgan fingerprint density at radius 1 is 0.788 bits per heavy atom. The standard InChI is InChI=1S/C24H36B2O7/c1-11-29-20(27)19(26-32-23(6,7)24(8,9)33-26)18(16-12-14-17(28-10)15-13-16)25-30-21(2,3)22(4,5)31-25/h12-15H,11H2,1-10H3/b19-18+. The highest BCUT2D eigenvalue weighted by Gasteiger charge is 2.58. The van der Waals surface area contributed by atoms with Crippen LogP contribution in [0.2, 0.25) is 0 Å². The summed E-state index contributed by atoms with van der Waals surface area (Å²) in [5.74, 6) is 0.164. The van der Waals surface area contributed by atoms with E-state index in [0.29, 0.717) is 11.2 Å². The SMILES string of the molecule is CCOC(=O)/C(B1OC(C)(C)C(C)(C)O1)=C(\B1OC(C)(C)C(C)(C)O1)c1ccc(OC)cc1. The van der Waals surface area contributed by atoms with Crippen LogP contribution in [0.5, 0.6) is 5.75 Å². The number of hydrogen-bond acceptors (Lipinski definition) is 7. The quantitative estimate of drug-likeness (QED) is 0.358. The van der Waals surface area contributed by atoms with Crippen LogP contribution in [-0.4, -0.2) is 56.3 Å². The van der Waals surface area contributed by atoms with Crippen molar-refractivity contribution in [1.29, 1.82) is 0 Å². The molecule has 2 aliphatic rings. The largest absolute Gasteiger partial charge is 0.501 e.